The van der Waals surface area contributed by atoms with Gasteiger partial charge in [-0.05, 0) is 100 Å². The SMILES string of the molecule is CC.CCOC=O.CN1CCC(C2C/C(=C\C=C/[NH2+]O)CCc3cc(Cl)ccc32)CC1. The maximum Gasteiger partial charge on any atom is 0.293 e. The summed E-state index contributed by atoms with van der Waals surface area (Å²) in [5.74, 6) is 1.34. The molecule has 0 aromatic heterocycles. The Kier molecular flexibility index (Phi) is 14.2. The number of quaternary nitrogens is 1. The van der Waals surface area contributed by atoms with Crippen LogP contribution in [0.2, 0.25) is 5.02 Å². The average Bonchev–Trinajstić information content (AvgIpc) is 2.96. The number of hydrogen-bond donors (Lipinski definition) is 2. The van der Waals surface area contributed by atoms with Crippen LogP contribution in [0.5, 0.6) is 0 Å². The van der Waals surface area contributed by atoms with Gasteiger partial charge < -0.3 is 9.64 Å². The third-order valence-corrected chi connectivity index (χ3v) is 6.03. The van der Waals surface area contributed by atoms with Crippen LogP contribution in [0.4, 0.5) is 0 Å². The van der Waals surface area contributed by atoms with Gasteiger partial charge in [0.15, 0.2) is 0 Å². The van der Waals surface area contributed by atoms with Crippen LogP contribution in [0.25, 0.3) is 0 Å². The summed E-state index contributed by atoms with van der Waals surface area (Å²) in [6.07, 6.45) is 11.6. The summed E-state index contributed by atoms with van der Waals surface area (Å²) in [4.78, 5) is 11.6. The first-order valence-electron chi connectivity index (χ1n) is 11.4. The van der Waals surface area contributed by atoms with Gasteiger partial charge in [-0.25, -0.2) is 5.21 Å². The molecule has 1 saturated heterocycles. The lowest BCUT2D eigenvalue weighted by Gasteiger charge is -2.35. The second-order valence-corrected chi connectivity index (χ2v) is 8.14. The zero-order chi connectivity index (χ0) is 23.1. The van der Waals surface area contributed by atoms with Gasteiger partial charge in [-0.2, -0.15) is 5.48 Å². The van der Waals surface area contributed by atoms with E-state index < -0.39 is 0 Å². The average molecular weight is 452 g/mol. The van der Waals surface area contributed by atoms with Gasteiger partial charge >= 0.3 is 0 Å². The van der Waals surface area contributed by atoms with Crippen LogP contribution in [-0.4, -0.2) is 43.3 Å². The molecule has 0 amide bonds. The Morgan fingerprint density at radius 1 is 1.26 bits per heavy atom. The molecule has 31 heavy (non-hydrogen) atoms. The Morgan fingerprint density at radius 3 is 2.55 bits per heavy atom. The number of hydroxylamine groups is 1. The first-order chi connectivity index (χ1) is 15.1. The molecule has 1 heterocycles. The Hall–Kier alpha value is -1.66. The van der Waals surface area contributed by atoms with Gasteiger partial charge in [0.1, 0.15) is 6.20 Å². The highest BCUT2D eigenvalue weighted by Crippen LogP contribution is 2.42. The molecule has 1 unspecified atom stereocenters. The Morgan fingerprint density at radius 2 is 1.97 bits per heavy atom. The lowest BCUT2D eigenvalue weighted by Crippen LogP contribution is -2.73. The predicted octanol–water partition coefficient (Wildman–Crippen LogP) is 4.70. The monoisotopic (exact) mass is 451 g/mol. The van der Waals surface area contributed by atoms with Crippen molar-refractivity contribution in [2.45, 2.75) is 58.8 Å². The quantitative estimate of drug-likeness (QED) is 0.387. The van der Waals surface area contributed by atoms with Crippen molar-refractivity contribution >= 4 is 18.1 Å². The number of fused-ring (bicyclic) bond motifs is 1. The highest BCUT2D eigenvalue weighted by Gasteiger charge is 2.30. The lowest BCUT2D eigenvalue weighted by molar-refractivity contribution is -0.838. The normalized spacial score (nSPS) is 20.7. The molecule has 0 radical (unpaired) electrons. The van der Waals surface area contributed by atoms with E-state index in [0.29, 0.717) is 19.0 Å². The Labute approximate surface area is 193 Å². The van der Waals surface area contributed by atoms with Gasteiger partial charge in [-0.1, -0.05) is 43.2 Å². The minimum absolute atomic E-state index is 0.431. The molecular formula is C25H40ClN2O3+. The molecule has 1 fully saturated rings. The number of benzene rings is 1. The maximum absolute atomic E-state index is 9.18. The molecule has 1 aromatic rings. The standard InChI is InChI=1S/C20H27ClN2O.C3H6O2.C2H6/c1-23-11-8-16(9-12-23)20-13-15(3-2-10-22-24)4-5-17-14-18(21)6-7-19(17)20;1-2-5-3-4;1-2/h2-3,6-7,10,14,16,20,22,24H,4-5,8-9,11-13H2,1H3;3H,2H2,1H3;1-2H3/p+1/b10-2-,15-3-;;. The predicted molar refractivity (Wildman–Crippen MR) is 127 cm³/mol. The van der Waals surface area contributed by atoms with Crippen molar-refractivity contribution in [1.29, 1.82) is 0 Å². The van der Waals surface area contributed by atoms with Crippen molar-refractivity contribution in [3.05, 3.63) is 58.3 Å². The van der Waals surface area contributed by atoms with E-state index in [2.05, 4.69) is 41.0 Å². The molecule has 5 nitrogen and oxygen atoms in total. The fourth-order valence-electron chi connectivity index (χ4n) is 4.25. The van der Waals surface area contributed by atoms with Gasteiger partial charge in [0, 0.05) is 5.02 Å². The molecule has 2 aliphatic rings. The van der Waals surface area contributed by atoms with E-state index in [1.807, 2.05) is 19.9 Å². The molecule has 1 aliphatic carbocycles. The minimum Gasteiger partial charge on any atom is -0.468 e. The molecule has 3 N–H and O–H groups in total. The fourth-order valence-corrected chi connectivity index (χ4v) is 4.45. The van der Waals surface area contributed by atoms with Crippen molar-refractivity contribution < 1.29 is 20.2 Å². The van der Waals surface area contributed by atoms with E-state index in [4.69, 9.17) is 16.8 Å². The van der Waals surface area contributed by atoms with Crippen LogP contribution >= 0.6 is 11.6 Å². The number of piperidine rings is 1. The van der Waals surface area contributed by atoms with Crippen LogP contribution in [0.1, 0.15) is 63.5 Å². The highest BCUT2D eigenvalue weighted by atomic mass is 35.5. The minimum atomic E-state index is 0.431. The Bertz CT molecular complexity index is 698. The van der Waals surface area contributed by atoms with Gasteiger partial charge in [-0.3, -0.25) is 4.79 Å². The number of likely N-dealkylation sites (tertiary alicyclic amines) is 1. The molecule has 1 aromatic carbocycles. The number of nitrogens with zero attached hydrogens (tertiary/aromatic N) is 1. The second kappa shape index (κ2) is 16.0. The highest BCUT2D eigenvalue weighted by molar-refractivity contribution is 6.30. The van der Waals surface area contributed by atoms with Crippen molar-refractivity contribution in [2.75, 3.05) is 26.7 Å². The summed E-state index contributed by atoms with van der Waals surface area (Å²) >= 11 is 6.26. The molecule has 174 valence electrons. The van der Waals surface area contributed by atoms with Gasteiger partial charge in [0.05, 0.1) is 6.61 Å². The molecule has 0 spiro atoms. The molecule has 6 heteroatoms. The number of aryl methyl sites for hydroxylation is 1. The number of nitrogens with two attached hydrogens (primary N) is 1. The molecule has 1 aliphatic heterocycles. The number of ether oxygens (including phenoxy) is 1. The zero-order valence-electron chi connectivity index (χ0n) is 19.5. The maximum atomic E-state index is 9.18. The summed E-state index contributed by atoms with van der Waals surface area (Å²) < 4.78 is 4.15. The first kappa shape index (κ1) is 27.4. The largest absolute Gasteiger partial charge is 0.468 e. The van der Waals surface area contributed by atoms with E-state index in [1.54, 1.807) is 13.1 Å². The number of rotatable bonds is 5. The van der Waals surface area contributed by atoms with Gasteiger partial charge in [0.2, 0.25) is 0 Å². The van der Waals surface area contributed by atoms with Gasteiger partial charge in [0.25, 0.3) is 6.47 Å². The third kappa shape index (κ3) is 9.56. The number of halogens is 1. The van der Waals surface area contributed by atoms with Crippen molar-refractivity contribution in [3.8, 4) is 0 Å². The van der Waals surface area contributed by atoms with Crippen LogP contribution in [0.15, 0.2) is 42.1 Å². The number of allylic oxidation sites excluding steroid dienone is 3. The zero-order valence-corrected chi connectivity index (χ0v) is 20.3. The van der Waals surface area contributed by atoms with Crippen LogP contribution in [0.3, 0.4) is 0 Å². The van der Waals surface area contributed by atoms with E-state index in [0.717, 1.165) is 35.7 Å². The van der Waals surface area contributed by atoms with E-state index in [-0.39, 0.29) is 0 Å². The van der Waals surface area contributed by atoms with Crippen molar-refractivity contribution in [3.63, 3.8) is 0 Å². The topological polar surface area (TPSA) is 66.4 Å². The van der Waals surface area contributed by atoms with E-state index >= 15 is 0 Å². The fraction of sp³-hybridized carbons (Fsp3) is 0.560. The summed E-state index contributed by atoms with van der Waals surface area (Å²) in [6, 6.07) is 6.48. The second-order valence-electron chi connectivity index (χ2n) is 7.70. The van der Waals surface area contributed by atoms with Crippen molar-refractivity contribution in [1.82, 2.24) is 4.90 Å². The summed E-state index contributed by atoms with van der Waals surface area (Å²) in [5.41, 5.74) is 5.50. The van der Waals surface area contributed by atoms with Gasteiger partial charge in [-0.15, -0.1) is 0 Å². The van der Waals surface area contributed by atoms with Crippen LogP contribution < -0.4 is 5.48 Å². The summed E-state index contributed by atoms with van der Waals surface area (Å²) in [7, 11) is 2.22. The molecular weight excluding hydrogens is 412 g/mol. The Balaban J connectivity index is 0.000000605. The van der Waals surface area contributed by atoms with Crippen LogP contribution in [-0.2, 0) is 16.0 Å². The number of hydrogen-bond acceptors (Lipinski definition) is 4. The molecule has 1 atom stereocenters. The van der Waals surface area contributed by atoms with Crippen molar-refractivity contribution in [2.24, 2.45) is 5.92 Å². The first-order valence-corrected chi connectivity index (χ1v) is 11.8. The smallest absolute Gasteiger partial charge is 0.293 e. The van der Waals surface area contributed by atoms with Crippen LogP contribution in [0, 0.1) is 5.92 Å². The van der Waals surface area contributed by atoms with E-state index in [1.165, 1.54) is 42.6 Å². The molecule has 0 bridgehead atoms. The number of carbonyl (C=O) groups excluding carboxylic acids is 1. The summed E-state index contributed by atoms with van der Waals surface area (Å²) in [6.45, 7) is 9.06. The summed E-state index contributed by atoms with van der Waals surface area (Å²) in [5, 5.41) is 9.69. The van der Waals surface area contributed by atoms with E-state index in [9.17, 15) is 4.79 Å². The molecule has 3 rings (SSSR count). The molecule has 0 saturated carbocycles. The lowest BCUT2D eigenvalue weighted by atomic mass is 9.76. The number of carbonyl (C=O) groups is 1. The third-order valence-electron chi connectivity index (χ3n) is 5.80.